The molecule has 4 aromatic rings. The van der Waals surface area contributed by atoms with Gasteiger partial charge in [0.1, 0.15) is 0 Å². The number of carbonyl (C=O) groups excluding carboxylic acids is 1. The summed E-state index contributed by atoms with van der Waals surface area (Å²) in [4.78, 5) is 20.6. The molecule has 132 valence electrons. The molecule has 4 nitrogen and oxygen atoms in total. The first kappa shape index (κ1) is 17.2. The molecule has 4 rings (SSSR count). The Morgan fingerprint density at radius 3 is 2.52 bits per heavy atom. The van der Waals surface area contributed by atoms with Crippen LogP contribution >= 0.6 is 15.9 Å². The van der Waals surface area contributed by atoms with Gasteiger partial charge in [-0.2, -0.15) is 0 Å². The molecule has 0 saturated heterocycles. The van der Waals surface area contributed by atoms with Gasteiger partial charge < -0.3 is 10.3 Å². The summed E-state index contributed by atoms with van der Waals surface area (Å²) in [5.74, 6) is 0.428. The van der Waals surface area contributed by atoms with E-state index in [9.17, 15) is 4.79 Å². The molecule has 1 amide bonds. The number of halogens is 1. The fourth-order valence-corrected chi connectivity index (χ4v) is 3.21. The number of hydrogen-bond donors (Lipinski definition) is 2. The molecule has 3 aromatic carbocycles. The van der Waals surface area contributed by atoms with E-state index in [1.54, 1.807) is 12.1 Å². The number of fused-ring (bicyclic) bond motifs is 1. The summed E-state index contributed by atoms with van der Waals surface area (Å²) < 4.78 is 0.967. The van der Waals surface area contributed by atoms with E-state index < -0.39 is 0 Å². The summed E-state index contributed by atoms with van der Waals surface area (Å²) in [6.45, 7) is 0. The third kappa shape index (κ3) is 3.99. The number of rotatable bonds is 4. The van der Waals surface area contributed by atoms with Crippen molar-refractivity contribution in [2.24, 2.45) is 0 Å². The highest BCUT2D eigenvalue weighted by Crippen LogP contribution is 2.20. The van der Waals surface area contributed by atoms with Gasteiger partial charge in [0, 0.05) is 10.0 Å². The van der Waals surface area contributed by atoms with Gasteiger partial charge in [0.05, 0.1) is 16.7 Å². The fourth-order valence-electron chi connectivity index (χ4n) is 2.79. The third-order valence-corrected chi connectivity index (χ3v) is 4.58. The van der Waals surface area contributed by atoms with Crippen LogP contribution in [0.2, 0.25) is 0 Å². The van der Waals surface area contributed by atoms with Crippen molar-refractivity contribution >= 4 is 44.6 Å². The van der Waals surface area contributed by atoms with Crippen LogP contribution in [0.1, 0.15) is 21.7 Å². The van der Waals surface area contributed by atoms with Crippen molar-refractivity contribution in [3.63, 3.8) is 0 Å². The first-order valence-corrected chi connectivity index (χ1v) is 9.27. The highest BCUT2D eigenvalue weighted by Gasteiger charge is 2.13. The number of amides is 1. The van der Waals surface area contributed by atoms with Crippen molar-refractivity contribution in [2.45, 2.75) is 0 Å². The number of hydrogen-bond acceptors (Lipinski definition) is 2. The van der Waals surface area contributed by atoms with Crippen LogP contribution in [0.25, 0.3) is 22.8 Å². The average Bonchev–Trinajstić information content (AvgIpc) is 3.12. The Labute approximate surface area is 165 Å². The number of para-hydroxylation sites is 2. The van der Waals surface area contributed by atoms with E-state index in [1.165, 1.54) is 0 Å². The van der Waals surface area contributed by atoms with Crippen LogP contribution in [0.5, 0.6) is 0 Å². The maximum absolute atomic E-state index is 12.7. The van der Waals surface area contributed by atoms with Crippen molar-refractivity contribution in [3.8, 4) is 0 Å². The number of benzene rings is 3. The van der Waals surface area contributed by atoms with Crippen molar-refractivity contribution < 1.29 is 4.79 Å². The van der Waals surface area contributed by atoms with Crippen LogP contribution < -0.4 is 5.32 Å². The third-order valence-electron chi connectivity index (χ3n) is 4.09. The maximum Gasteiger partial charge on any atom is 0.255 e. The molecular weight excluding hydrogens is 402 g/mol. The molecule has 0 unspecified atom stereocenters. The molecule has 0 saturated carbocycles. The Hall–Kier alpha value is -3.18. The zero-order chi connectivity index (χ0) is 18.6. The Morgan fingerprint density at radius 1 is 0.963 bits per heavy atom. The minimum Gasteiger partial charge on any atom is -0.337 e. The second kappa shape index (κ2) is 7.60. The van der Waals surface area contributed by atoms with Gasteiger partial charge in [-0.25, -0.2) is 4.98 Å². The first-order valence-electron chi connectivity index (χ1n) is 8.48. The number of nitrogens with zero attached hydrogens (tertiary/aromatic N) is 1. The van der Waals surface area contributed by atoms with E-state index in [-0.39, 0.29) is 5.91 Å². The molecule has 0 aliphatic carbocycles. The van der Waals surface area contributed by atoms with Gasteiger partial charge >= 0.3 is 0 Å². The van der Waals surface area contributed by atoms with Crippen molar-refractivity contribution in [2.75, 3.05) is 0 Å². The lowest BCUT2D eigenvalue weighted by Crippen LogP contribution is -2.22. The molecule has 5 heteroatoms. The molecule has 1 heterocycles. The quantitative estimate of drug-likeness (QED) is 0.476. The van der Waals surface area contributed by atoms with E-state index >= 15 is 0 Å². The monoisotopic (exact) mass is 417 g/mol. The van der Waals surface area contributed by atoms with Gasteiger partial charge in [-0.3, -0.25) is 4.79 Å². The van der Waals surface area contributed by atoms with Gasteiger partial charge in [-0.1, -0.05) is 58.4 Å². The molecule has 0 atom stereocenters. The van der Waals surface area contributed by atoms with E-state index in [2.05, 4.69) is 31.2 Å². The summed E-state index contributed by atoms with van der Waals surface area (Å²) in [5.41, 5.74) is 3.92. The van der Waals surface area contributed by atoms with E-state index in [0.29, 0.717) is 17.1 Å². The molecule has 0 aliphatic heterocycles. The number of aromatic amines is 1. The molecular formula is C22H16BrN3O. The van der Waals surface area contributed by atoms with E-state index in [4.69, 9.17) is 0 Å². The highest BCUT2D eigenvalue weighted by atomic mass is 79.9. The largest absolute Gasteiger partial charge is 0.337 e. The summed E-state index contributed by atoms with van der Waals surface area (Å²) in [6.07, 6.45) is 1.91. The summed E-state index contributed by atoms with van der Waals surface area (Å²) in [5, 5.41) is 2.99. The Morgan fingerprint density at radius 2 is 1.74 bits per heavy atom. The van der Waals surface area contributed by atoms with Crippen LogP contribution in [0.15, 0.2) is 83.3 Å². The number of aromatic nitrogens is 2. The number of H-pyrrole nitrogens is 1. The van der Waals surface area contributed by atoms with Gasteiger partial charge in [-0.15, -0.1) is 0 Å². The zero-order valence-electron chi connectivity index (χ0n) is 14.3. The topological polar surface area (TPSA) is 57.8 Å². The Kier molecular flexibility index (Phi) is 4.85. The number of nitrogens with one attached hydrogen (secondary N) is 2. The van der Waals surface area contributed by atoms with Gasteiger partial charge in [0.15, 0.2) is 5.82 Å². The molecule has 0 aliphatic rings. The van der Waals surface area contributed by atoms with Gasteiger partial charge in [0.25, 0.3) is 5.91 Å². The lowest BCUT2D eigenvalue weighted by atomic mass is 10.1. The minimum atomic E-state index is -0.183. The molecule has 27 heavy (non-hydrogen) atoms. The van der Waals surface area contributed by atoms with Crippen molar-refractivity contribution in [3.05, 3.63) is 100 Å². The zero-order valence-corrected chi connectivity index (χ0v) is 15.9. The summed E-state index contributed by atoms with van der Waals surface area (Å²) in [7, 11) is 0. The van der Waals surface area contributed by atoms with E-state index in [1.807, 2.05) is 72.8 Å². The maximum atomic E-state index is 12.7. The Bertz CT molecular complexity index is 1100. The summed E-state index contributed by atoms with van der Waals surface area (Å²) in [6, 6.07) is 24.8. The van der Waals surface area contributed by atoms with Gasteiger partial charge in [-0.05, 0) is 48.0 Å². The standard InChI is InChI=1S/C22H16BrN3O/c23-17-10-6-7-15(13-17)14-20(26-22(27)16-8-2-1-3-9-16)21-24-18-11-4-5-12-19(18)25-21/h1-14H,(H,24,25)(H,26,27)/b20-14+. The van der Waals surface area contributed by atoms with Crippen molar-refractivity contribution in [1.82, 2.24) is 15.3 Å². The van der Waals surface area contributed by atoms with Crippen LogP contribution in [-0.4, -0.2) is 15.9 Å². The normalized spacial score (nSPS) is 11.5. The van der Waals surface area contributed by atoms with Crippen molar-refractivity contribution in [1.29, 1.82) is 0 Å². The first-order chi connectivity index (χ1) is 13.2. The molecule has 0 fully saturated rings. The van der Waals surface area contributed by atoms with Crippen LogP contribution in [0.4, 0.5) is 0 Å². The fraction of sp³-hybridized carbons (Fsp3) is 0. The molecule has 0 radical (unpaired) electrons. The van der Waals surface area contributed by atoms with Crippen LogP contribution in [0, 0.1) is 0 Å². The van der Waals surface area contributed by atoms with E-state index in [0.717, 1.165) is 21.1 Å². The lowest BCUT2D eigenvalue weighted by molar-refractivity contribution is 0.0973. The molecule has 0 bridgehead atoms. The molecule has 1 aromatic heterocycles. The predicted octanol–water partition coefficient (Wildman–Crippen LogP) is 5.25. The van der Waals surface area contributed by atoms with Crippen LogP contribution in [-0.2, 0) is 0 Å². The lowest BCUT2D eigenvalue weighted by Gasteiger charge is -2.08. The second-order valence-electron chi connectivity index (χ2n) is 6.04. The number of carbonyl (C=O) groups is 1. The molecule has 2 N–H and O–H groups in total. The minimum absolute atomic E-state index is 0.183. The highest BCUT2D eigenvalue weighted by molar-refractivity contribution is 9.10. The Balaban J connectivity index is 1.76. The number of imidazole rings is 1. The second-order valence-corrected chi connectivity index (χ2v) is 6.95. The molecule has 0 spiro atoms. The summed E-state index contributed by atoms with van der Waals surface area (Å²) >= 11 is 3.48. The average molecular weight is 418 g/mol. The smallest absolute Gasteiger partial charge is 0.255 e. The van der Waals surface area contributed by atoms with Gasteiger partial charge in [0.2, 0.25) is 0 Å². The predicted molar refractivity (Wildman–Crippen MR) is 112 cm³/mol. The SMILES string of the molecule is O=C(N/C(=C/c1cccc(Br)c1)c1nc2ccccc2[nH]1)c1ccccc1. The van der Waals surface area contributed by atoms with Crippen LogP contribution in [0.3, 0.4) is 0 Å².